The molecule has 0 radical (unpaired) electrons. The van der Waals surface area contributed by atoms with Gasteiger partial charge >= 0.3 is 6.15 Å². The van der Waals surface area contributed by atoms with Gasteiger partial charge in [0, 0.05) is 17.8 Å². The Morgan fingerprint density at radius 3 is 2.31 bits per heavy atom. The van der Waals surface area contributed by atoms with Gasteiger partial charge < -0.3 is 4.90 Å². The van der Waals surface area contributed by atoms with Crippen LogP contribution in [0.5, 0.6) is 0 Å². The average molecular weight is 219 g/mol. The number of hydrogen-bond acceptors (Lipinski definition) is 3. The summed E-state index contributed by atoms with van der Waals surface area (Å²) >= 11 is 0. The molecule has 0 amide bonds. The van der Waals surface area contributed by atoms with Crippen LogP contribution in [0.25, 0.3) is 0 Å². The highest BCUT2D eigenvalue weighted by molar-refractivity contribution is 5.59. The lowest BCUT2D eigenvalue weighted by Crippen LogP contribution is -2.40. The minimum Gasteiger partial charge on any atom is -0.366 e. The molecule has 16 heavy (non-hydrogen) atoms. The normalized spacial score (nSPS) is 13.6. The van der Waals surface area contributed by atoms with Gasteiger partial charge in [-0.1, -0.05) is 18.2 Å². The predicted molar refractivity (Wildman–Crippen MR) is 62.3 cm³/mol. The molecule has 1 aliphatic heterocycles. The topological polar surface area (TPSA) is 37.4 Å². The third kappa shape index (κ3) is 2.71. The quantitative estimate of drug-likeness (QED) is 0.671. The van der Waals surface area contributed by atoms with E-state index in [0.717, 1.165) is 0 Å². The molecule has 1 aromatic carbocycles. The van der Waals surface area contributed by atoms with Crippen LogP contribution in [0.15, 0.2) is 24.3 Å². The fourth-order valence-corrected chi connectivity index (χ4v) is 2.04. The van der Waals surface area contributed by atoms with Crippen molar-refractivity contribution < 1.29 is 9.59 Å². The fraction of sp³-hybridized carbons (Fsp3) is 0.462. The molecule has 3 heteroatoms. The van der Waals surface area contributed by atoms with Gasteiger partial charge in [-0.05, 0) is 38.8 Å². The first-order valence-electron chi connectivity index (χ1n) is 5.35. The standard InChI is InChI=1S/C12H17N.CO2/c1-12(2,3)13-9-8-10-6-4-5-7-11(10)13;2-1-3/h4-7H,8-9H2,1-3H3;. The van der Waals surface area contributed by atoms with E-state index in [1.165, 1.54) is 24.2 Å². The van der Waals surface area contributed by atoms with Crippen molar-refractivity contribution in [3.8, 4) is 0 Å². The van der Waals surface area contributed by atoms with Crippen LogP contribution in [0.1, 0.15) is 26.3 Å². The van der Waals surface area contributed by atoms with Crippen LogP contribution in [0.2, 0.25) is 0 Å². The number of hydrogen-bond donors (Lipinski definition) is 0. The van der Waals surface area contributed by atoms with Crippen LogP contribution in [0.3, 0.4) is 0 Å². The maximum absolute atomic E-state index is 8.12. The van der Waals surface area contributed by atoms with Crippen LogP contribution in [0, 0.1) is 0 Å². The zero-order valence-electron chi connectivity index (χ0n) is 9.99. The van der Waals surface area contributed by atoms with Crippen LogP contribution < -0.4 is 4.90 Å². The van der Waals surface area contributed by atoms with E-state index in [1.54, 1.807) is 0 Å². The summed E-state index contributed by atoms with van der Waals surface area (Å²) in [6.45, 7) is 7.99. The predicted octanol–water partition coefficient (Wildman–Crippen LogP) is 2.26. The van der Waals surface area contributed by atoms with Crippen molar-refractivity contribution in [3.63, 3.8) is 0 Å². The number of carbonyl (C=O) groups excluding carboxylic acids is 2. The lowest BCUT2D eigenvalue weighted by molar-refractivity contribution is -0.191. The summed E-state index contributed by atoms with van der Waals surface area (Å²) in [6, 6.07) is 8.72. The van der Waals surface area contributed by atoms with Gasteiger partial charge in [0.1, 0.15) is 0 Å². The molecule has 2 rings (SSSR count). The number of anilines is 1. The summed E-state index contributed by atoms with van der Waals surface area (Å²) < 4.78 is 0. The van der Waals surface area contributed by atoms with Crippen molar-refractivity contribution in [1.29, 1.82) is 0 Å². The van der Waals surface area contributed by atoms with E-state index in [9.17, 15) is 0 Å². The van der Waals surface area contributed by atoms with Crippen molar-refractivity contribution in [2.24, 2.45) is 0 Å². The molecule has 0 fully saturated rings. The fourth-order valence-electron chi connectivity index (χ4n) is 2.04. The Hall–Kier alpha value is -1.60. The third-order valence-corrected chi connectivity index (χ3v) is 2.70. The second kappa shape index (κ2) is 4.95. The zero-order chi connectivity index (χ0) is 12.2. The number of fused-ring (bicyclic) bond motifs is 1. The minimum absolute atomic E-state index is 0.250. The number of nitrogens with zero attached hydrogens (tertiary/aromatic N) is 1. The molecule has 3 nitrogen and oxygen atoms in total. The van der Waals surface area contributed by atoms with Gasteiger partial charge in [0.25, 0.3) is 0 Å². The van der Waals surface area contributed by atoms with Gasteiger partial charge in [-0.3, -0.25) is 0 Å². The van der Waals surface area contributed by atoms with E-state index >= 15 is 0 Å². The summed E-state index contributed by atoms with van der Waals surface area (Å²) in [5.41, 5.74) is 3.18. The van der Waals surface area contributed by atoms with Gasteiger partial charge in [0.2, 0.25) is 0 Å². The highest BCUT2D eigenvalue weighted by Gasteiger charge is 2.27. The number of rotatable bonds is 0. The second-order valence-electron chi connectivity index (χ2n) is 4.78. The first-order valence-corrected chi connectivity index (χ1v) is 5.35. The van der Waals surface area contributed by atoms with Crippen molar-refractivity contribution in [1.82, 2.24) is 0 Å². The summed E-state index contributed by atoms with van der Waals surface area (Å²) in [6.07, 6.45) is 1.45. The Morgan fingerprint density at radius 1 is 1.19 bits per heavy atom. The van der Waals surface area contributed by atoms with E-state index in [-0.39, 0.29) is 11.7 Å². The second-order valence-corrected chi connectivity index (χ2v) is 4.78. The zero-order valence-corrected chi connectivity index (χ0v) is 9.99. The van der Waals surface area contributed by atoms with Crippen LogP contribution in [-0.4, -0.2) is 18.2 Å². The van der Waals surface area contributed by atoms with Crippen molar-refractivity contribution >= 4 is 11.8 Å². The Bertz CT molecular complexity index is 387. The van der Waals surface area contributed by atoms with Gasteiger partial charge in [0.15, 0.2) is 0 Å². The van der Waals surface area contributed by atoms with Gasteiger partial charge in [-0.25, -0.2) is 0 Å². The van der Waals surface area contributed by atoms with E-state index in [4.69, 9.17) is 9.59 Å². The Morgan fingerprint density at radius 2 is 1.75 bits per heavy atom. The van der Waals surface area contributed by atoms with Crippen molar-refractivity contribution in [3.05, 3.63) is 29.8 Å². The molecule has 0 saturated heterocycles. The maximum atomic E-state index is 8.12. The SMILES string of the molecule is CC(C)(C)N1CCc2ccccc21.O=C=O. The summed E-state index contributed by atoms with van der Waals surface area (Å²) in [5, 5.41) is 0. The van der Waals surface area contributed by atoms with Gasteiger partial charge in [-0.15, -0.1) is 0 Å². The average Bonchev–Trinajstić information content (AvgIpc) is 2.61. The monoisotopic (exact) mass is 219 g/mol. The molecule has 1 aromatic rings. The molecule has 1 aliphatic rings. The summed E-state index contributed by atoms with van der Waals surface area (Å²) in [4.78, 5) is 18.7. The molecule has 0 aliphatic carbocycles. The number of benzene rings is 1. The largest absolute Gasteiger partial charge is 0.373 e. The van der Waals surface area contributed by atoms with Crippen LogP contribution in [0.4, 0.5) is 5.69 Å². The molecule has 1 heterocycles. The molecule has 0 saturated carbocycles. The van der Waals surface area contributed by atoms with E-state index in [2.05, 4.69) is 49.9 Å². The molecule has 0 unspecified atom stereocenters. The minimum atomic E-state index is 0.250. The number of para-hydroxylation sites is 1. The van der Waals surface area contributed by atoms with E-state index in [1.807, 2.05) is 0 Å². The molecule has 0 atom stereocenters. The van der Waals surface area contributed by atoms with Gasteiger partial charge in [0.05, 0.1) is 0 Å². The summed E-state index contributed by atoms with van der Waals surface area (Å²) in [7, 11) is 0. The molecular weight excluding hydrogens is 202 g/mol. The first kappa shape index (κ1) is 12.5. The molecule has 86 valence electrons. The van der Waals surface area contributed by atoms with Gasteiger partial charge in [-0.2, -0.15) is 9.59 Å². The van der Waals surface area contributed by atoms with E-state index in [0.29, 0.717) is 0 Å². The highest BCUT2D eigenvalue weighted by Crippen LogP contribution is 2.32. The lowest BCUT2D eigenvalue weighted by Gasteiger charge is -2.34. The lowest BCUT2D eigenvalue weighted by atomic mass is 10.1. The Balaban J connectivity index is 0.000000386. The Kier molecular flexibility index (Phi) is 3.86. The Labute approximate surface area is 96.1 Å². The maximum Gasteiger partial charge on any atom is 0.373 e. The molecular formula is C13H17NO2. The molecule has 0 N–H and O–H groups in total. The molecule has 0 aromatic heterocycles. The smallest absolute Gasteiger partial charge is 0.366 e. The van der Waals surface area contributed by atoms with Crippen LogP contribution in [-0.2, 0) is 16.0 Å². The van der Waals surface area contributed by atoms with Crippen molar-refractivity contribution in [2.45, 2.75) is 32.7 Å². The third-order valence-electron chi connectivity index (χ3n) is 2.70. The molecule has 0 spiro atoms. The van der Waals surface area contributed by atoms with E-state index < -0.39 is 0 Å². The van der Waals surface area contributed by atoms with Crippen LogP contribution >= 0.6 is 0 Å². The summed E-state index contributed by atoms with van der Waals surface area (Å²) in [5.74, 6) is 0. The first-order chi connectivity index (χ1) is 7.50. The molecule has 0 bridgehead atoms. The highest BCUT2D eigenvalue weighted by atomic mass is 16.2. The van der Waals surface area contributed by atoms with Crippen molar-refractivity contribution in [2.75, 3.05) is 11.4 Å².